The summed E-state index contributed by atoms with van der Waals surface area (Å²) in [6.07, 6.45) is 0. The van der Waals surface area contributed by atoms with E-state index < -0.39 is 0 Å². The molecule has 0 saturated carbocycles. The Morgan fingerprint density at radius 3 is 2.87 bits per heavy atom. The highest BCUT2D eigenvalue weighted by molar-refractivity contribution is 7.12. The zero-order valence-electron chi connectivity index (χ0n) is 8.20. The zero-order chi connectivity index (χ0) is 10.8. The number of rotatable bonds is 2. The smallest absolute Gasteiger partial charge is 0.119 e. The van der Waals surface area contributed by atoms with Crippen molar-refractivity contribution >= 4 is 22.9 Å². The maximum Gasteiger partial charge on any atom is 0.119 e. The molecule has 4 heteroatoms. The van der Waals surface area contributed by atoms with Crippen LogP contribution in [0.1, 0.15) is 9.88 Å². The van der Waals surface area contributed by atoms with Gasteiger partial charge < -0.3 is 5.11 Å². The van der Waals surface area contributed by atoms with Crippen molar-refractivity contribution in [1.29, 1.82) is 0 Å². The summed E-state index contributed by atoms with van der Waals surface area (Å²) in [4.78, 5) is 5.45. The SMILES string of the molecule is Cc1sc(CO)nc1-c1cccc(Cl)c1. The third kappa shape index (κ3) is 2.20. The molecule has 78 valence electrons. The van der Waals surface area contributed by atoms with Gasteiger partial charge in [-0.15, -0.1) is 11.3 Å². The van der Waals surface area contributed by atoms with Crippen LogP contribution in [0.4, 0.5) is 0 Å². The maximum atomic E-state index is 9.00. The van der Waals surface area contributed by atoms with Crippen LogP contribution in [-0.4, -0.2) is 10.1 Å². The van der Waals surface area contributed by atoms with E-state index in [1.54, 1.807) is 0 Å². The van der Waals surface area contributed by atoms with Crippen LogP contribution in [-0.2, 0) is 6.61 Å². The maximum absolute atomic E-state index is 9.00. The fourth-order valence-electron chi connectivity index (χ4n) is 1.42. The van der Waals surface area contributed by atoms with Crippen molar-refractivity contribution in [2.45, 2.75) is 13.5 Å². The molecule has 1 N–H and O–H groups in total. The first kappa shape index (κ1) is 10.6. The molecular formula is C11H10ClNOS. The lowest BCUT2D eigenvalue weighted by Crippen LogP contribution is -1.83. The number of nitrogens with zero attached hydrogens (tertiary/aromatic N) is 1. The molecule has 0 radical (unpaired) electrons. The van der Waals surface area contributed by atoms with Crippen LogP contribution in [0.15, 0.2) is 24.3 Å². The zero-order valence-corrected chi connectivity index (χ0v) is 9.77. The van der Waals surface area contributed by atoms with Crippen LogP contribution in [0, 0.1) is 6.92 Å². The van der Waals surface area contributed by atoms with Gasteiger partial charge in [-0.2, -0.15) is 0 Å². The number of aryl methyl sites for hydroxylation is 1. The van der Waals surface area contributed by atoms with Gasteiger partial charge in [0.1, 0.15) is 5.01 Å². The molecule has 0 saturated heterocycles. The summed E-state index contributed by atoms with van der Waals surface area (Å²) in [5, 5.41) is 10.4. The van der Waals surface area contributed by atoms with Crippen LogP contribution in [0.25, 0.3) is 11.3 Å². The number of aliphatic hydroxyl groups is 1. The minimum Gasteiger partial charge on any atom is -0.389 e. The average molecular weight is 240 g/mol. The molecule has 0 atom stereocenters. The number of aliphatic hydroxyl groups excluding tert-OH is 1. The van der Waals surface area contributed by atoms with Crippen LogP contribution >= 0.6 is 22.9 Å². The monoisotopic (exact) mass is 239 g/mol. The van der Waals surface area contributed by atoms with Gasteiger partial charge in [-0.25, -0.2) is 4.98 Å². The Morgan fingerprint density at radius 2 is 2.27 bits per heavy atom. The minimum atomic E-state index is -0.00786. The molecule has 2 rings (SSSR count). The lowest BCUT2D eigenvalue weighted by Gasteiger charge is -1.98. The van der Waals surface area contributed by atoms with E-state index in [1.807, 2.05) is 31.2 Å². The number of hydrogen-bond acceptors (Lipinski definition) is 3. The fourth-order valence-corrected chi connectivity index (χ4v) is 2.43. The predicted molar refractivity (Wildman–Crippen MR) is 63.2 cm³/mol. The average Bonchev–Trinajstić information content (AvgIpc) is 2.60. The van der Waals surface area contributed by atoms with Crippen molar-refractivity contribution in [3.8, 4) is 11.3 Å². The third-order valence-corrected chi connectivity index (χ3v) is 3.26. The van der Waals surface area contributed by atoms with Gasteiger partial charge >= 0.3 is 0 Å². The van der Waals surface area contributed by atoms with Crippen LogP contribution in [0.5, 0.6) is 0 Å². The molecule has 0 spiro atoms. The molecule has 0 aliphatic carbocycles. The number of aromatic nitrogens is 1. The van der Waals surface area contributed by atoms with Crippen molar-refractivity contribution in [2.75, 3.05) is 0 Å². The van der Waals surface area contributed by atoms with Crippen LogP contribution < -0.4 is 0 Å². The van der Waals surface area contributed by atoms with Gasteiger partial charge in [0, 0.05) is 15.5 Å². The quantitative estimate of drug-likeness (QED) is 0.873. The van der Waals surface area contributed by atoms with E-state index in [0.29, 0.717) is 5.02 Å². The molecule has 15 heavy (non-hydrogen) atoms. The summed E-state index contributed by atoms with van der Waals surface area (Å²) in [5.41, 5.74) is 1.91. The Morgan fingerprint density at radius 1 is 1.47 bits per heavy atom. The number of thiazole rings is 1. The van der Waals surface area contributed by atoms with E-state index in [2.05, 4.69) is 4.98 Å². The van der Waals surface area contributed by atoms with E-state index in [1.165, 1.54) is 11.3 Å². The highest BCUT2D eigenvalue weighted by Gasteiger charge is 2.09. The first-order valence-corrected chi connectivity index (χ1v) is 5.73. The van der Waals surface area contributed by atoms with E-state index in [4.69, 9.17) is 16.7 Å². The second-order valence-corrected chi connectivity index (χ2v) is 4.91. The molecule has 2 nitrogen and oxygen atoms in total. The number of benzene rings is 1. The van der Waals surface area contributed by atoms with Gasteiger partial charge in [0.05, 0.1) is 12.3 Å². The van der Waals surface area contributed by atoms with E-state index in [-0.39, 0.29) is 6.61 Å². The summed E-state index contributed by atoms with van der Waals surface area (Å²) in [5.74, 6) is 0. The molecule has 1 aromatic carbocycles. The largest absolute Gasteiger partial charge is 0.389 e. The Kier molecular flexibility index (Phi) is 3.05. The predicted octanol–water partition coefficient (Wildman–Crippen LogP) is 3.26. The molecular weight excluding hydrogens is 230 g/mol. The van der Waals surface area contributed by atoms with E-state index >= 15 is 0 Å². The van der Waals surface area contributed by atoms with Gasteiger partial charge in [-0.3, -0.25) is 0 Å². The van der Waals surface area contributed by atoms with Crippen molar-refractivity contribution in [3.05, 3.63) is 39.2 Å². The Bertz CT molecular complexity index is 481. The van der Waals surface area contributed by atoms with Gasteiger partial charge in [0.15, 0.2) is 0 Å². The number of hydrogen-bond donors (Lipinski definition) is 1. The first-order valence-electron chi connectivity index (χ1n) is 4.54. The van der Waals surface area contributed by atoms with E-state index in [9.17, 15) is 0 Å². The summed E-state index contributed by atoms with van der Waals surface area (Å²) in [6.45, 7) is 1.99. The van der Waals surface area contributed by atoms with Gasteiger partial charge in [-0.1, -0.05) is 23.7 Å². The Balaban J connectivity index is 2.48. The summed E-state index contributed by atoms with van der Waals surface area (Å²) in [7, 11) is 0. The van der Waals surface area contributed by atoms with Crippen molar-refractivity contribution in [2.24, 2.45) is 0 Å². The van der Waals surface area contributed by atoms with Crippen molar-refractivity contribution < 1.29 is 5.11 Å². The lowest BCUT2D eigenvalue weighted by molar-refractivity contribution is 0.281. The molecule has 0 amide bonds. The van der Waals surface area contributed by atoms with Gasteiger partial charge in [-0.05, 0) is 19.1 Å². The Labute approximate surface area is 97.2 Å². The Hall–Kier alpha value is -0.900. The van der Waals surface area contributed by atoms with Crippen LogP contribution in [0.2, 0.25) is 5.02 Å². The fraction of sp³-hybridized carbons (Fsp3) is 0.182. The van der Waals surface area contributed by atoms with Gasteiger partial charge in [0.25, 0.3) is 0 Å². The molecule has 2 aromatic rings. The minimum absolute atomic E-state index is 0.00786. The summed E-state index contributed by atoms with van der Waals surface area (Å²) in [6, 6.07) is 7.58. The molecule has 0 fully saturated rings. The third-order valence-electron chi connectivity index (χ3n) is 2.07. The summed E-state index contributed by atoms with van der Waals surface area (Å²) < 4.78 is 0. The van der Waals surface area contributed by atoms with Crippen molar-refractivity contribution in [1.82, 2.24) is 4.98 Å². The molecule has 0 bridgehead atoms. The second kappa shape index (κ2) is 4.31. The number of halogens is 1. The first-order chi connectivity index (χ1) is 7.20. The second-order valence-electron chi connectivity index (χ2n) is 3.18. The molecule has 0 aliphatic heterocycles. The van der Waals surface area contributed by atoms with Crippen molar-refractivity contribution in [3.63, 3.8) is 0 Å². The van der Waals surface area contributed by atoms with Gasteiger partial charge in [0.2, 0.25) is 0 Å². The molecule has 0 aliphatic rings. The molecule has 0 unspecified atom stereocenters. The highest BCUT2D eigenvalue weighted by Crippen LogP contribution is 2.28. The van der Waals surface area contributed by atoms with E-state index in [0.717, 1.165) is 21.1 Å². The highest BCUT2D eigenvalue weighted by atomic mass is 35.5. The standard InChI is InChI=1S/C11H10ClNOS/c1-7-11(13-10(6-14)15-7)8-3-2-4-9(12)5-8/h2-5,14H,6H2,1H3. The lowest BCUT2D eigenvalue weighted by atomic mass is 10.1. The molecule has 1 heterocycles. The molecule has 1 aromatic heterocycles. The normalized spacial score (nSPS) is 10.6. The van der Waals surface area contributed by atoms with Crippen LogP contribution in [0.3, 0.4) is 0 Å². The topological polar surface area (TPSA) is 33.1 Å². The summed E-state index contributed by atoms with van der Waals surface area (Å²) >= 11 is 7.42.